The Bertz CT molecular complexity index is 429. The number of hydrogen-bond acceptors (Lipinski definition) is 0. The third-order valence-corrected chi connectivity index (χ3v) is 2.71. The van der Waals surface area contributed by atoms with Crippen molar-refractivity contribution in [1.29, 1.82) is 0 Å². The summed E-state index contributed by atoms with van der Waals surface area (Å²) >= 11 is 0. The summed E-state index contributed by atoms with van der Waals surface area (Å²) in [5, 5.41) is 0. The van der Waals surface area contributed by atoms with Gasteiger partial charge in [0.2, 0.25) is 0 Å². The predicted octanol–water partition coefficient (Wildman–Crippen LogP) is 4.17. The molecule has 2 aromatic rings. The minimum Gasteiger partial charge on any atom is -0.0625 e. The van der Waals surface area contributed by atoms with Crippen molar-refractivity contribution < 1.29 is 0 Å². The molecule has 2 rings (SSSR count). The number of benzene rings is 2. The van der Waals surface area contributed by atoms with Crippen LogP contribution in [0.3, 0.4) is 0 Å². The molecule has 0 unspecified atom stereocenters. The minimum atomic E-state index is 0. The number of rotatable bonds is 3. The summed E-state index contributed by atoms with van der Waals surface area (Å²) in [6, 6.07) is 19.4. The van der Waals surface area contributed by atoms with Crippen LogP contribution < -0.4 is 0 Å². The van der Waals surface area contributed by atoms with Crippen LogP contribution >= 0.6 is 0 Å². The van der Waals surface area contributed by atoms with Gasteiger partial charge in [0.1, 0.15) is 0 Å². The summed E-state index contributed by atoms with van der Waals surface area (Å²) in [5.41, 5.74) is 4.02. The quantitative estimate of drug-likeness (QED) is 0.794. The minimum absolute atomic E-state index is 0. The Hall–Kier alpha value is -0.690. The molecule has 0 saturated heterocycles. The van der Waals surface area contributed by atoms with Gasteiger partial charge in [-0.15, -0.1) is 0 Å². The first kappa shape index (κ1) is 14.4. The molecule has 0 aliphatic rings. The van der Waals surface area contributed by atoms with E-state index in [1.54, 1.807) is 0 Å². The van der Waals surface area contributed by atoms with E-state index in [-0.39, 0.29) is 25.8 Å². The van der Waals surface area contributed by atoms with Gasteiger partial charge < -0.3 is 0 Å². The molecule has 0 aliphatic heterocycles. The van der Waals surface area contributed by atoms with Gasteiger partial charge in [0.15, 0.2) is 0 Å². The van der Waals surface area contributed by atoms with Crippen LogP contribution in [0.1, 0.15) is 19.4 Å². The van der Waals surface area contributed by atoms with Crippen molar-refractivity contribution >= 4 is 25.8 Å². The molecule has 1 heteroatoms. The average Bonchev–Trinajstić information content (AvgIpc) is 2.30. The van der Waals surface area contributed by atoms with E-state index in [0.29, 0.717) is 0 Å². The molecule has 0 aromatic heterocycles. The first-order valence-corrected chi connectivity index (χ1v) is 5.90. The first-order valence-electron chi connectivity index (χ1n) is 5.90. The molecule has 0 nitrogen and oxygen atoms in total. The smallest absolute Gasteiger partial charge is 0 e. The molecule has 0 fully saturated rings. The summed E-state index contributed by atoms with van der Waals surface area (Å²) < 4.78 is 0. The molecule has 2 aromatic carbocycles. The topological polar surface area (TPSA) is 0 Å². The van der Waals surface area contributed by atoms with Crippen molar-refractivity contribution in [2.75, 3.05) is 0 Å². The van der Waals surface area contributed by atoms with Crippen LogP contribution in [0.2, 0.25) is 0 Å². The van der Waals surface area contributed by atoms with Gasteiger partial charge in [-0.3, -0.25) is 0 Å². The standard InChI is InChI=1S/C16H18.In/c1-13(2)12-14-8-10-16(11-9-14)15-6-4-3-5-7-15;/h3-11,13H,12H2,1-2H3;. The molecule has 0 atom stereocenters. The first-order chi connectivity index (χ1) is 7.75. The maximum Gasteiger partial charge on any atom is 0 e. The Morgan fingerprint density at radius 3 is 1.82 bits per heavy atom. The summed E-state index contributed by atoms with van der Waals surface area (Å²) in [7, 11) is 0. The Morgan fingerprint density at radius 1 is 0.765 bits per heavy atom. The Balaban J connectivity index is 0.00000144. The van der Waals surface area contributed by atoms with Gasteiger partial charge in [-0.05, 0) is 29.0 Å². The zero-order valence-corrected chi connectivity index (χ0v) is 13.9. The van der Waals surface area contributed by atoms with E-state index in [0.717, 1.165) is 12.3 Å². The van der Waals surface area contributed by atoms with Crippen molar-refractivity contribution in [2.45, 2.75) is 20.3 Å². The third kappa shape index (κ3) is 4.23. The van der Waals surface area contributed by atoms with E-state index >= 15 is 0 Å². The predicted molar refractivity (Wildman–Crippen MR) is 76.2 cm³/mol. The van der Waals surface area contributed by atoms with E-state index in [4.69, 9.17) is 0 Å². The van der Waals surface area contributed by atoms with Crippen LogP contribution in [-0.4, -0.2) is 25.8 Å². The monoisotopic (exact) mass is 325 g/mol. The van der Waals surface area contributed by atoms with Crippen molar-refractivity contribution in [3.8, 4) is 11.1 Å². The maximum atomic E-state index is 2.26. The largest absolute Gasteiger partial charge is 0.0625 e. The molecule has 0 amide bonds. The molecule has 0 N–H and O–H groups in total. The molecular formula is C16H18In. The second kappa shape index (κ2) is 6.90. The van der Waals surface area contributed by atoms with Crippen molar-refractivity contribution in [3.63, 3.8) is 0 Å². The van der Waals surface area contributed by atoms with E-state index in [1.165, 1.54) is 16.7 Å². The van der Waals surface area contributed by atoms with E-state index in [9.17, 15) is 0 Å². The average molecular weight is 325 g/mol. The molecule has 85 valence electrons. The van der Waals surface area contributed by atoms with Gasteiger partial charge in [0.25, 0.3) is 0 Å². The van der Waals surface area contributed by atoms with Gasteiger partial charge in [0.05, 0.1) is 0 Å². The Morgan fingerprint density at radius 2 is 1.29 bits per heavy atom. The van der Waals surface area contributed by atoms with Gasteiger partial charge in [0, 0.05) is 25.8 Å². The van der Waals surface area contributed by atoms with Crippen LogP contribution in [0, 0.1) is 5.92 Å². The second-order valence-electron chi connectivity index (χ2n) is 4.66. The van der Waals surface area contributed by atoms with Crippen molar-refractivity contribution in [3.05, 3.63) is 60.2 Å². The fourth-order valence-electron chi connectivity index (χ4n) is 1.94. The molecule has 0 spiro atoms. The van der Waals surface area contributed by atoms with Crippen LogP contribution in [0.15, 0.2) is 54.6 Å². The number of hydrogen-bond donors (Lipinski definition) is 0. The molecule has 17 heavy (non-hydrogen) atoms. The fourth-order valence-corrected chi connectivity index (χ4v) is 1.94. The van der Waals surface area contributed by atoms with Crippen LogP contribution in [0.5, 0.6) is 0 Å². The van der Waals surface area contributed by atoms with Gasteiger partial charge in [-0.1, -0.05) is 68.4 Å². The normalized spacial score (nSPS) is 10.1. The van der Waals surface area contributed by atoms with Crippen molar-refractivity contribution in [2.24, 2.45) is 5.92 Å². The maximum absolute atomic E-state index is 2.26. The third-order valence-electron chi connectivity index (χ3n) is 2.71. The zero-order valence-electron chi connectivity index (χ0n) is 10.6. The fraction of sp³-hybridized carbons (Fsp3) is 0.250. The summed E-state index contributed by atoms with van der Waals surface area (Å²) in [6.07, 6.45) is 1.16. The zero-order chi connectivity index (χ0) is 11.4. The second-order valence-corrected chi connectivity index (χ2v) is 4.66. The van der Waals surface area contributed by atoms with Gasteiger partial charge >= 0.3 is 0 Å². The van der Waals surface area contributed by atoms with Gasteiger partial charge in [-0.2, -0.15) is 0 Å². The molecule has 0 heterocycles. The van der Waals surface area contributed by atoms with Crippen LogP contribution in [-0.2, 0) is 6.42 Å². The SMILES string of the molecule is CC(C)Cc1ccc(-c2ccccc2)cc1.[In]. The summed E-state index contributed by atoms with van der Waals surface area (Å²) in [4.78, 5) is 0. The molecule has 0 aliphatic carbocycles. The van der Waals surface area contributed by atoms with Gasteiger partial charge in [-0.25, -0.2) is 0 Å². The summed E-state index contributed by atoms with van der Waals surface area (Å²) in [5.74, 6) is 0.725. The molecular weight excluding hydrogens is 307 g/mol. The molecule has 0 saturated carbocycles. The van der Waals surface area contributed by atoms with E-state index < -0.39 is 0 Å². The summed E-state index contributed by atoms with van der Waals surface area (Å²) in [6.45, 7) is 4.51. The molecule has 3 radical (unpaired) electrons. The molecule has 0 bridgehead atoms. The van der Waals surface area contributed by atoms with Crippen LogP contribution in [0.4, 0.5) is 0 Å². The Labute approximate surface area is 123 Å². The Kier molecular flexibility index (Phi) is 5.84. The van der Waals surface area contributed by atoms with E-state index in [2.05, 4.69) is 68.4 Å². The van der Waals surface area contributed by atoms with Crippen molar-refractivity contribution in [1.82, 2.24) is 0 Å². The van der Waals surface area contributed by atoms with E-state index in [1.807, 2.05) is 0 Å². The van der Waals surface area contributed by atoms with Crippen LogP contribution in [0.25, 0.3) is 11.1 Å².